The molecule has 4 atom stereocenters. The maximum Gasteiger partial charge on any atom is 0.341 e. The number of nitrogens with one attached hydrogen (secondary N) is 1. The number of carboxylic acid groups (broad SMARTS) is 1. The highest BCUT2D eigenvalue weighted by Crippen LogP contribution is 2.53. The third kappa shape index (κ3) is 5.06. The Morgan fingerprint density at radius 2 is 1.58 bits per heavy atom. The van der Waals surface area contributed by atoms with Crippen LogP contribution in [0.5, 0.6) is 17.2 Å². The van der Waals surface area contributed by atoms with E-state index in [1.807, 2.05) is 32.0 Å². The second-order valence-corrected chi connectivity index (χ2v) is 11.2. The molecule has 0 aromatic heterocycles. The van der Waals surface area contributed by atoms with Crippen molar-refractivity contribution < 1.29 is 43.6 Å². The van der Waals surface area contributed by atoms with Gasteiger partial charge in [0, 0.05) is 18.5 Å². The Labute approximate surface area is 260 Å². The normalized spacial score (nSPS) is 22.3. The van der Waals surface area contributed by atoms with Gasteiger partial charge in [-0.15, -0.1) is 0 Å². The number of para-hydroxylation sites is 1. The summed E-state index contributed by atoms with van der Waals surface area (Å²) in [5.41, 5.74) is 0.725. The summed E-state index contributed by atoms with van der Waals surface area (Å²) in [5.74, 6) is -5.55. The smallest absolute Gasteiger partial charge is 0.341 e. The maximum atomic E-state index is 14.6. The number of rotatable bonds is 10. The summed E-state index contributed by atoms with van der Waals surface area (Å²) < 4.78 is 16.1. The number of carbonyl (C=O) groups is 4. The summed E-state index contributed by atoms with van der Waals surface area (Å²) >= 11 is 0. The van der Waals surface area contributed by atoms with Crippen LogP contribution in [0, 0.1) is 11.8 Å². The first kappa shape index (κ1) is 31.5. The SMILES string of the molecule is CCc1cccc(CC)c1N1C(=O)C2C(c3cc(OC)cc(OC)c3C(=O)OC)NC(Cc3ccc(O)cc3)(C(=O)O)C2C1=O. The molecule has 11 nitrogen and oxygen atoms in total. The molecule has 2 aliphatic rings. The van der Waals surface area contributed by atoms with Gasteiger partial charge in [-0.2, -0.15) is 0 Å². The van der Waals surface area contributed by atoms with Crippen molar-refractivity contribution in [2.75, 3.05) is 26.2 Å². The lowest BCUT2D eigenvalue weighted by molar-refractivity contribution is -0.148. The zero-order valence-electron chi connectivity index (χ0n) is 25.7. The van der Waals surface area contributed by atoms with Crippen LogP contribution in [0.25, 0.3) is 0 Å². The second kappa shape index (κ2) is 12.2. The standard InChI is InChI=1S/C34H36N2O9/c1-6-19-9-8-10-20(7-2)29(19)36-30(38)26-27(31(36)39)34(33(41)42,17-18-11-13-21(37)14-12-18)35-28(26)23-15-22(43-3)16-24(44-4)25(23)32(40)45-5/h8-16,26-28,35,37H,6-7,17H2,1-5H3,(H,41,42). The number of anilines is 1. The maximum absolute atomic E-state index is 14.6. The molecule has 0 aliphatic carbocycles. The number of ether oxygens (including phenoxy) is 3. The Balaban J connectivity index is 1.79. The summed E-state index contributed by atoms with van der Waals surface area (Å²) in [4.78, 5) is 57.1. The van der Waals surface area contributed by atoms with Gasteiger partial charge < -0.3 is 24.4 Å². The largest absolute Gasteiger partial charge is 0.508 e. The molecule has 45 heavy (non-hydrogen) atoms. The van der Waals surface area contributed by atoms with Crippen LogP contribution in [0.4, 0.5) is 5.69 Å². The molecule has 0 bridgehead atoms. The predicted octanol–water partition coefficient (Wildman–Crippen LogP) is 3.84. The van der Waals surface area contributed by atoms with Gasteiger partial charge in [-0.25, -0.2) is 9.69 Å². The molecule has 0 spiro atoms. The molecule has 3 N–H and O–H groups in total. The molecule has 11 heteroatoms. The van der Waals surface area contributed by atoms with Crippen molar-refractivity contribution in [3.63, 3.8) is 0 Å². The molecule has 236 valence electrons. The topological polar surface area (TPSA) is 152 Å². The van der Waals surface area contributed by atoms with Crippen LogP contribution in [0.15, 0.2) is 54.6 Å². The Morgan fingerprint density at radius 1 is 0.933 bits per heavy atom. The van der Waals surface area contributed by atoms with Crippen LogP contribution in [-0.2, 0) is 38.4 Å². The van der Waals surface area contributed by atoms with Crippen LogP contribution in [0.1, 0.15) is 52.5 Å². The van der Waals surface area contributed by atoms with Crippen molar-refractivity contribution in [1.29, 1.82) is 0 Å². The van der Waals surface area contributed by atoms with Gasteiger partial charge in [0.05, 0.1) is 38.9 Å². The monoisotopic (exact) mass is 616 g/mol. The number of nitrogens with zero attached hydrogens (tertiary/aromatic N) is 1. The predicted molar refractivity (Wildman–Crippen MR) is 164 cm³/mol. The average molecular weight is 617 g/mol. The van der Waals surface area contributed by atoms with Crippen LogP contribution >= 0.6 is 0 Å². The number of benzene rings is 3. The Morgan fingerprint density at radius 3 is 2.11 bits per heavy atom. The van der Waals surface area contributed by atoms with Gasteiger partial charge in [0.2, 0.25) is 11.8 Å². The van der Waals surface area contributed by atoms with Gasteiger partial charge >= 0.3 is 11.9 Å². The molecule has 2 saturated heterocycles. The van der Waals surface area contributed by atoms with Crippen molar-refractivity contribution >= 4 is 29.4 Å². The van der Waals surface area contributed by atoms with Crippen molar-refractivity contribution in [2.45, 2.75) is 44.7 Å². The van der Waals surface area contributed by atoms with E-state index in [1.165, 1.54) is 45.6 Å². The van der Waals surface area contributed by atoms with Crippen LogP contribution < -0.4 is 19.7 Å². The van der Waals surface area contributed by atoms with Crippen LogP contribution in [-0.4, -0.2) is 60.8 Å². The molecule has 0 radical (unpaired) electrons. The number of imide groups is 1. The van der Waals surface area contributed by atoms with Gasteiger partial charge in [-0.05, 0) is 53.3 Å². The van der Waals surface area contributed by atoms with E-state index in [0.29, 0.717) is 24.1 Å². The number of carbonyl (C=O) groups excluding carboxylic acids is 3. The lowest BCUT2D eigenvalue weighted by Crippen LogP contribution is -2.57. The fourth-order valence-electron chi connectivity index (χ4n) is 6.82. The van der Waals surface area contributed by atoms with Crippen LogP contribution in [0.3, 0.4) is 0 Å². The highest BCUT2D eigenvalue weighted by Gasteiger charge is 2.69. The fourth-order valence-corrected chi connectivity index (χ4v) is 6.82. The molecule has 0 saturated carbocycles. The molecule has 2 amide bonds. The number of aryl methyl sites for hydroxylation is 2. The number of aromatic hydroxyl groups is 1. The molecule has 2 heterocycles. The average Bonchev–Trinajstić information content (AvgIpc) is 3.53. The molecule has 3 aromatic rings. The minimum atomic E-state index is -1.98. The first-order chi connectivity index (χ1) is 21.6. The number of methoxy groups -OCH3 is 3. The summed E-state index contributed by atoms with van der Waals surface area (Å²) in [5, 5.41) is 24.0. The highest BCUT2D eigenvalue weighted by molar-refractivity contribution is 6.25. The molecule has 5 rings (SSSR count). The zero-order chi connectivity index (χ0) is 32.6. The van der Waals surface area contributed by atoms with Crippen molar-refractivity contribution in [1.82, 2.24) is 5.32 Å². The number of phenolic OH excluding ortho intramolecular Hbond substituents is 1. The van der Waals surface area contributed by atoms with E-state index in [4.69, 9.17) is 14.2 Å². The molecule has 2 fully saturated rings. The first-order valence-corrected chi connectivity index (χ1v) is 14.7. The Hall–Kier alpha value is -4.90. The van der Waals surface area contributed by atoms with Crippen molar-refractivity contribution in [2.24, 2.45) is 11.8 Å². The number of hydrogen-bond donors (Lipinski definition) is 3. The molecular weight excluding hydrogens is 580 g/mol. The van der Waals surface area contributed by atoms with Crippen LogP contribution in [0.2, 0.25) is 0 Å². The molecular formula is C34H36N2O9. The van der Waals surface area contributed by atoms with Gasteiger partial charge in [-0.3, -0.25) is 19.7 Å². The number of hydrogen-bond acceptors (Lipinski definition) is 9. The second-order valence-electron chi connectivity index (χ2n) is 11.2. The van der Waals surface area contributed by atoms with Gasteiger partial charge in [0.1, 0.15) is 28.4 Å². The van der Waals surface area contributed by atoms with Gasteiger partial charge in [0.25, 0.3) is 0 Å². The number of amides is 2. The summed E-state index contributed by atoms with van der Waals surface area (Å²) in [7, 11) is 3.99. The number of fused-ring (bicyclic) bond motifs is 1. The summed E-state index contributed by atoms with van der Waals surface area (Å²) in [6.45, 7) is 3.85. The summed E-state index contributed by atoms with van der Waals surface area (Å²) in [6.07, 6.45) is 0.876. The zero-order valence-corrected chi connectivity index (χ0v) is 25.7. The fraction of sp³-hybridized carbons (Fsp3) is 0.353. The Bertz CT molecular complexity index is 1650. The van der Waals surface area contributed by atoms with E-state index in [2.05, 4.69) is 5.32 Å². The van der Waals surface area contributed by atoms with E-state index >= 15 is 0 Å². The molecule has 4 unspecified atom stereocenters. The number of carboxylic acids is 1. The number of aliphatic carboxylic acids is 1. The van der Waals surface area contributed by atoms with Crippen molar-refractivity contribution in [3.8, 4) is 17.2 Å². The van der Waals surface area contributed by atoms with Gasteiger partial charge in [0.15, 0.2) is 0 Å². The van der Waals surface area contributed by atoms with E-state index in [9.17, 15) is 29.4 Å². The van der Waals surface area contributed by atoms with Gasteiger partial charge in [-0.1, -0.05) is 44.2 Å². The van der Waals surface area contributed by atoms with E-state index in [0.717, 1.165) is 16.0 Å². The molecule has 2 aliphatic heterocycles. The summed E-state index contributed by atoms with van der Waals surface area (Å²) in [6, 6.07) is 13.4. The van der Waals surface area contributed by atoms with E-state index < -0.39 is 47.2 Å². The number of phenols is 1. The third-order valence-electron chi connectivity index (χ3n) is 8.93. The van der Waals surface area contributed by atoms with E-state index in [-0.39, 0.29) is 34.8 Å². The minimum absolute atomic E-state index is 0.00832. The number of esters is 1. The third-order valence-corrected chi connectivity index (χ3v) is 8.93. The van der Waals surface area contributed by atoms with Crippen molar-refractivity contribution in [3.05, 3.63) is 82.4 Å². The van der Waals surface area contributed by atoms with E-state index in [1.54, 1.807) is 12.1 Å². The Kier molecular flexibility index (Phi) is 8.57. The lowest BCUT2D eigenvalue weighted by atomic mass is 9.76. The quantitative estimate of drug-likeness (QED) is 0.226. The molecule has 3 aromatic carbocycles. The minimum Gasteiger partial charge on any atom is -0.508 e. The highest BCUT2D eigenvalue weighted by atomic mass is 16.5. The first-order valence-electron chi connectivity index (χ1n) is 14.7. The lowest BCUT2D eigenvalue weighted by Gasteiger charge is -2.32.